The highest BCUT2D eigenvalue weighted by atomic mass is 16.3. The Bertz CT molecular complexity index is 1110. The number of hydrogen-bond acceptors (Lipinski definition) is 5. The van der Waals surface area contributed by atoms with Gasteiger partial charge in [-0.25, -0.2) is 0 Å². The topological polar surface area (TPSA) is 93.0 Å². The lowest BCUT2D eigenvalue weighted by Gasteiger charge is -2.28. The molecule has 1 atom stereocenters. The van der Waals surface area contributed by atoms with E-state index in [4.69, 9.17) is 0 Å². The maximum atomic E-state index is 12.7. The summed E-state index contributed by atoms with van der Waals surface area (Å²) < 4.78 is 0. The molecule has 0 radical (unpaired) electrons. The van der Waals surface area contributed by atoms with Crippen LogP contribution in [0.25, 0.3) is 0 Å². The number of nitrogens with one attached hydrogen (secondary N) is 1. The van der Waals surface area contributed by atoms with Crippen LogP contribution in [0, 0.1) is 0 Å². The molecule has 0 aromatic heterocycles. The summed E-state index contributed by atoms with van der Waals surface area (Å²) in [5.74, 6) is 0.0871. The fraction of sp³-hybridized carbons (Fsp3) is 0.345. The number of rotatable bonds is 11. The van der Waals surface area contributed by atoms with E-state index in [-0.39, 0.29) is 23.8 Å². The Hall–Kier alpha value is -3.19. The number of carbonyl (C=O) groups is 1. The van der Waals surface area contributed by atoms with Gasteiger partial charge >= 0.3 is 0 Å². The van der Waals surface area contributed by atoms with Crippen molar-refractivity contribution in [1.29, 1.82) is 0 Å². The van der Waals surface area contributed by atoms with Gasteiger partial charge in [0.1, 0.15) is 5.75 Å². The molecule has 0 unspecified atom stereocenters. The first kappa shape index (κ1) is 26.4. The van der Waals surface area contributed by atoms with Gasteiger partial charge < -0.3 is 25.5 Å². The Morgan fingerprint density at radius 3 is 2.37 bits per heavy atom. The Kier molecular flexibility index (Phi) is 9.04. The minimum Gasteiger partial charge on any atom is -0.508 e. The third-order valence-electron chi connectivity index (χ3n) is 6.11. The van der Waals surface area contributed by atoms with Gasteiger partial charge in [-0.15, -0.1) is 0 Å². The van der Waals surface area contributed by atoms with Gasteiger partial charge in [-0.2, -0.15) is 0 Å². The van der Waals surface area contributed by atoms with E-state index in [9.17, 15) is 20.1 Å². The summed E-state index contributed by atoms with van der Waals surface area (Å²) in [4.78, 5) is 14.5. The zero-order valence-corrected chi connectivity index (χ0v) is 20.7. The molecule has 186 valence electrons. The summed E-state index contributed by atoms with van der Waals surface area (Å²) in [6.07, 6.45) is 0.293. The van der Waals surface area contributed by atoms with Crippen LogP contribution >= 0.6 is 0 Å². The van der Waals surface area contributed by atoms with Gasteiger partial charge in [0.2, 0.25) is 5.91 Å². The van der Waals surface area contributed by atoms with Gasteiger partial charge in [-0.05, 0) is 54.7 Å². The van der Waals surface area contributed by atoms with Crippen LogP contribution in [-0.4, -0.2) is 45.3 Å². The van der Waals surface area contributed by atoms with E-state index in [1.165, 1.54) is 6.07 Å². The van der Waals surface area contributed by atoms with Crippen molar-refractivity contribution in [2.45, 2.75) is 51.5 Å². The Morgan fingerprint density at radius 1 is 0.971 bits per heavy atom. The van der Waals surface area contributed by atoms with E-state index in [0.29, 0.717) is 30.6 Å². The normalized spacial score (nSPS) is 12.4. The molecule has 0 aliphatic carbocycles. The number of benzene rings is 3. The van der Waals surface area contributed by atoms with E-state index in [1.807, 2.05) is 49.5 Å². The van der Waals surface area contributed by atoms with E-state index in [2.05, 4.69) is 31.3 Å². The van der Waals surface area contributed by atoms with E-state index in [1.54, 1.807) is 17.0 Å². The van der Waals surface area contributed by atoms with Crippen molar-refractivity contribution in [1.82, 2.24) is 10.2 Å². The monoisotopic (exact) mass is 476 g/mol. The number of amides is 1. The van der Waals surface area contributed by atoms with Crippen molar-refractivity contribution in [3.8, 4) is 5.75 Å². The molecule has 0 saturated heterocycles. The molecular weight excluding hydrogens is 440 g/mol. The first-order valence-electron chi connectivity index (χ1n) is 11.9. The number of aromatic hydroxyl groups is 1. The van der Waals surface area contributed by atoms with Crippen LogP contribution in [0.5, 0.6) is 5.75 Å². The average Bonchev–Trinajstić information content (AvgIpc) is 2.83. The molecule has 0 heterocycles. The maximum absolute atomic E-state index is 12.7. The molecule has 3 aromatic carbocycles. The standard InChI is InChI=1S/C29H36N2O4/c1-29(2,30-18-27(34)24-12-13-26(33)25(16-24)20-32)17-23-11-7-10-22(14-23)15-28(35)31(3)19-21-8-5-4-6-9-21/h4-14,16,27,30,32-34H,15,17-20H2,1-3H3/t27-/m1/s1. The molecule has 35 heavy (non-hydrogen) atoms. The summed E-state index contributed by atoms with van der Waals surface area (Å²) in [7, 11) is 1.83. The maximum Gasteiger partial charge on any atom is 0.227 e. The number of phenols is 1. The van der Waals surface area contributed by atoms with Crippen LogP contribution in [-0.2, 0) is 30.8 Å². The predicted molar refractivity (Wildman–Crippen MR) is 138 cm³/mol. The molecule has 0 bridgehead atoms. The molecule has 3 aromatic rings. The molecule has 0 aliphatic rings. The van der Waals surface area contributed by atoms with Crippen molar-refractivity contribution < 1.29 is 20.1 Å². The highest BCUT2D eigenvalue weighted by Gasteiger charge is 2.21. The number of β-amino-alcohol motifs (C(OH)–C–C–N with tert-alkyl or cyclic N) is 1. The molecule has 3 rings (SSSR count). The third kappa shape index (κ3) is 7.92. The lowest BCUT2D eigenvalue weighted by Crippen LogP contribution is -2.43. The third-order valence-corrected chi connectivity index (χ3v) is 6.11. The Morgan fingerprint density at radius 2 is 1.66 bits per heavy atom. The second-order valence-electron chi connectivity index (χ2n) is 9.74. The minimum absolute atomic E-state index is 0.0151. The van der Waals surface area contributed by atoms with Crippen molar-refractivity contribution in [2.75, 3.05) is 13.6 Å². The summed E-state index contributed by atoms with van der Waals surface area (Å²) in [5, 5.41) is 33.1. The highest BCUT2D eigenvalue weighted by molar-refractivity contribution is 5.78. The summed E-state index contributed by atoms with van der Waals surface area (Å²) in [6, 6.07) is 22.8. The van der Waals surface area contributed by atoms with E-state index in [0.717, 1.165) is 23.1 Å². The van der Waals surface area contributed by atoms with Gasteiger partial charge in [-0.1, -0.05) is 60.7 Å². The number of carbonyl (C=O) groups excluding carboxylic acids is 1. The molecule has 0 spiro atoms. The first-order valence-corrected chi connectivity index (χ1v) is 11.9. The highest BCUT2D eigenvalue weighted by Crippen LogP contribution is 2.23. The van der Waals surface area contributed by atoms with Gasteiger partial charge in [0.05, 0.1) is 19.1 Å². The van der Waals surface area contributed by atoms with Gasteiger partial charge in [0.25, 0.3) is 0 Å². The number of aliphatic hydroxyl groups excluding tert-OH is 2. The lowest BCUT2D eigenvalue weighted by atomic mass is 9.93. The fourth-order valence-corrected chi connectivity index (χ4v) is 4.11. The van der Waals surface area contributed by atoms with Gasteiger partial charge in [0, 0.05) is 31.2 Å². The lowest BCUT2D eigenvalue weighted by molar-refractivity contribution is -0.129. The van der Waals surface area contributed by atoms with E-state index >= 15 is 0 Å². The largest absolute Gasteiger partial charge is 0.508 e. The number of hydrogen-bond donors (Lipinski definition) is 4. The van der Waals surface area contributed by atoms with Crippen LogP contribution in [0.1, 0.15) is 47.8 Å². The van der Waals surface area contributed by atoms with Crippen molar-refractivity contribution in [2.24, 2.45) is 0 Å². The van der Waals surface area contributed by atoms with Crippen LogP contribution in [0.3, 0.4) is 0 Å². The number of nitrogens with zero attached hydrogens (tertiary/aromatic N) is 1. The predicted octanol–water partition coefficient (Wildman–Crippen LogP) is 3.73. The molecule has 0 fully saturated rings. The minimum atomic E-state index is -0.774. The summed E-state index contributed by atoms with van der Waals surface area (Å²) >= 11 is 0. The van der Waals surface area contributed by atoms with Crippen LogP contribution in [0.4, 0.5) is 0 Å². The van der Waals surface area contributed by atoms with Gasteiger partial charge in [-0.3, -0.25) is 4.79 Å². The van der Waals surface area contributed by atoms with Crippen molar-refractivity contribution in [3.05, 3.63) is 101 Å². The molecule has 4 N–H and O–H groups in total. The zero-order chi connectivity index (χ0) is 25.4. The first-order chi connectivity index (χ1) is 16.7. The molecule has 1 amide bonds. The molecule has 0 aliphatic heterocycles. The molecule has 0 saturated carbocycles. The summed E-state index contributed by atoms with van der Waals surface area (Å²) in [6.45, 7) is 4.76. The van der Waals surface area contributed by atoms with Crippen LogP contribution < -0.4 is 5.32 Å². The smallest absolute Gasteiger partial charge is 0.227 e. The van der Waals surface area contributed by atoms with Crippen molar-refractivity contribution in [3.63, 3.8) is 0 Å². The van der Waals surface area contributed by atoms with Crippen LogP contribution in [0.2, 0.25) is 0 Å². The van der Waals surface area contributed by atoms with E-state index < -0.39 is 6.10 Å². The second-order valence-corrected chi connectivity index (χ2v) is 9.74. The SMILES string of the molecule is CN(Cc1ccccc1)C(=O)Cc1cccc(CC(C)(C)NC[C@@H](O)c2ccc(O)c(CO)c2)c1. The quantitative estimate of drug-likeness (QED) is 0.338. The second kappa shape index (κ2) is 12.0. The Labute approximate surface area is 207 Å². The number of aliphatic hydroxyl groups is 2. The number of likely N-dealkylation sites (N-methyl/N-ethyl adjacent to an activating group) is 1. The van der Waals surface area contributed by atoms with Crippen LogP contribution in [0.15, 0.2) is 72.8 Å². The summed E-state index contributed by atoms with van der Waals surface area (Å²) in [5.41, 5.74) is 3.91. The van der Waals surface area contributed by atoms with Crippen molar-refractivity contribution >= 4 is 5.91 Å². The zero-order valence-electron chi connectivity index (χ0n) is 20.7. The Balaban J connectivity index is 1.56. The van der Waals surface area contributed by atoms with Gasteiger partial charge in [0.15, 0.2) is 0 Å². The molecule has 6 heteroatoms. The fourth-order valence-electron chi connectivity index (χ4n) is 4.11. The molecule has 6 nitrogen and oxygen atoms in total. The molecular formula is C29H36N2O4. The average molecular weight is 477 g/mol.